The molecule has 0 bridgehead atoms. The molecule has 0 aromatic carbocycles. The van der Waals surface area contributed by atoms with E-state index in [0.29, 0.717) is 31.5 Å². The van der Waals surface area contributed by atoms with Gasteiger partial charge in [0.2, 0.25) is 0 Å². The van der Waals surface area contributed by atoms with Crippen molar-refractivity contribution in [1.29, 1.82) is 0 Å². The minimum absolute atomic E-state index is 0.462. The lowest BCUT2D eigenvalue weighted by atomic mass is 10.0. The van der Waals surface area contributed by atoms with Crippen molar-refractivity contribution in [2.24, 2.45) is 0 Å². The van der Waals surface area contributed by atoms with E-state index in [1.165, 1.54) is 0 Å². The highest BCUT2D eigenvalue weighted by atomic mass is 16.5. The van der Waals surface area contributed by atoms with Crippen LogP contribution in [0.3, 0.4) is 0 Å². The van der Waals surface area contributed by atoms with Crippen LogP contribution in [0.25, 0.3) is 0 Å². The van der Waals surface area contributed by atoms with Crippen molar-refractivity contribution in [3.8, 4) is 0 Å². The second-order valence-corrected chi connectivity index (χ2v) is 4.68. The van der Waals surface area contributed by atoms with Crippen LogP contribution in [0.4, 0.5) is 5.82 Å². The first-order chi connectivity index (χ1) is 8.60. The van der Waals surface area contributed by atoms with Crippen LogP contribution < -0.4 is 5.73 Å². The number of nitrogens with two attached hydrogens (primary N) is 1. The maximum Gasteiger partial charge on any atom is 0.162 e. The largest absolute Gasteiger partial charge is 0.383 e. The molecule has 1 aromatic heterocycles. The monoisotopic (exact) mass is 251 g/mol. The van der Waals surface area contributed by atoms with E-state index in [1.54, 1.807) is 0 Å². The van der Waals surface area contributed by atoms with Crippen molar-refractivity contribution in [2.45, 2.75) is 45.8 Å². The van der Waals surface area contributed by atoms with Crippen LogP contribution in [-0.4, -0.2) is 23.2 Å². The van der Waals surface area contributed by atoms with Gasteiger partial charge in [0.25, 0.3) is 0 Å². The van der Waals surface area contributed by atoms with E-state index in [9.17, 15) is 0 Å². The molecule has 1 aliphatic heterocycles. The molecule has 1 unspecified atom stereocenters. The molecule has 0 amide bonds. The van der Waals surface area contributed by atoms with Gasteiger partial charge < -0.3 is 15.2 Å². The van der Waals surface area contributed by atoms with Crippen LogP contribution in [0.1, 0.15) is 44.3 Å². The number of hydrogen-bond acceptors (Lipinski definition) is 5. The van der Waals surface area contributed by atoms with Crippen molar-refractivity contribution in [3.05, 3.63) is 17.1 Å². The van der Waals surface area contributed by atoms with E-state index >= 15 is 0 Å². The Morgan fingerprint density at radius 2 is 2.17 bits per heavy atom. The number of rotatable bonds is 4. The molecule has 1 atom stereocenters. The standard InChI is InChI=1S/C13H21N3O2/c1-4-13(3,18-5-2)12-15-10-6-7-17-8-9(10)11(14)16-12/h4-8H2,1-3H3,(H2,14,15,16). The van der Waals surface area contributed by atoms with Gasteiger partial charge in [-0.2, -0.15) is 0 Å². The van der Waals surface area contributed by atoms with Gasteiger partial charge in [-0.3, -0.25) is 0 Å². The molecule has 0 spiro atoms. The van der Waals surface area contributed by atoms with Gasteiger partial charge in [0.05, 0.1) is 18.9 Å². The maximum absolute atomic E-state index is 6.00. The van der Waals surface area contributed by atoms with Crippen LogP contribution in [0.15, 0.2) is 0 Å². The molecule has 0 saturated carbocycles. The molecule has 1 aromatic rings. The van der Waals surface area contributed by atoms with Gasteiger partial charge in [-0.05, 0) is 20.3 Å². The van der Waals surface area contributed by atoms with Crippen LogP contribution in [0.2, 0.25) is 0 Å². The Balaban J connectivity index is 2.42. The van der Waals surface area contributed by atoms with Gasteiger partial charge in [0.15, 0.2) is 5.82 Å². The summed E-state index contributed by atoms with van der Waals surface area (Å²) in [5.74, 6) is 1.21. The average Bonchev–Trinajstić information content (AvgIpc) is 2.39. The molecular weight excluding hydrogens is 230 g/mol. The lowest BCUT2D eigenvalue weighted by Crippen LogP contribution is -2.30. The Bertz CT molecular complexity index is 436. The quantitative estimate of drug-likeness (QED) is 0.883. The Hall–Kier alpha value is -1.20. The minimum Gasteiger partial charge on any atom is -0.383 e. The molecule has 1 aliphatic rings. The normalized spacial score (nSPS) is 18.2. The summed E-state index contributed by atoms with van der Waals surface area (Å²) in [5.41, 5.74) is 7.47. The molecule has 0 saturated heterocycles. The first-order valence-electron chi connectivity index (χ1n) is 6.48. The van der Waals surface area contributed by atoms with Crippen molar-refractivity contribution in [1.82, 2.24) is 9.97 Å². The molecule has 0 aliphatic carbocycles. The molecule has 5 nitrogen and oxygen atoms in total. The summed E-state index contributed by atoms with van der Waals surface area (Å²) in [5, 5.41) is 0. The predicted octanol–water partition coefficient (Wildman–Crippen LogP) is 1.79. The summed E-state index contributed by atoms with van der Waals surface area (Å²) in [4.78, 5) is 9.05. The average molecular weight is 251 g/mol. The number of hydrogen-bond donors (Lipinski definition) is 1. The molecule has 0 radical (unpaired) electrons. The van der Waals surface area contributed by atoms with E-state index < -0.39 is 5.60 Å². The number of nitrogen functional groups attached to an aromatic ring is 1. The summed E-state index contributed by atoms with van der Waals surface area (Å²) in [6.45, 7) is 7.89. The van der Waals surface area contributed by atoms with Crippen molar-refractivity contribution in [2.75, 3.05) is 18.9 Å². The highest BCUT2D eigenvalue weighted by molar-refractivity contribution is 5.43. The Morgan fingerprint density at radius 3 is 2.83 bits per heavy atom. The summed E-state index contributed by atoms with van der Waals surface area (Å²) in [6.07, 6.45) is 1.61. The number of aromatic nitrogens is 2. The number of ether oxygens (including phenoxy) is 2. The van der Waals surface area contributed by atoms with Gasteiger partial charge in [0, 0.05) is 18.6 Å². The smallest absolute Gasteiger partial charge is 0.162 e. The SMILES string of the molecule is CCOC(C)(CC)c1nc(N)c2c(n1)CCOC2. The topological polar surface area (TPSA) is 70.3 Å². The van der Waals surface area contributed by atoms with Gasteiger partial charge in [-0.15, -0.1) is 0 Å². The third-order valence-electron chi connectivity index (χ3n) is 3.46. The third-order valence-corrected chi connectivity index (χ3v) is 3.46. The summed E-state index contributed by atoms with van der Waals surface area (Å²) in [7, 11) is 0. The Morgan fingerprint density at radius 1 is 1.39 bits per heavy atom. The molecule has 2 rings (SSSR count). The number of anilines is 1. The fourth-order valence-electron chi connectivity index (χ4n) is 2.14. The highest BCUT2D eigenvalue weighted by Crippen LogP contribution is 2.29. The van der Waals surface area contributed by atoms with Crippen molar-refractivity contribution >= 4 is 5.82 Å². The van der Waals surface area contributed by atoms with Crippen molar-refractivity contribution < 1.29 is 9.47 Å². The van der Waals surface area contributed by atoms with Crippen LogP contribution in [0, 0.1) is 0 Å². The molecule has 2 N–H and O–H groups in total. The fourth-order valence-corrected chi connectivity index (χ4v) is 2.14. The Kier molecular flexibility index (Phi) is 3.82. The maximum atomic E-state index is 6.00. The van der Waals surface area contributed by atoms with Crippen molar-refractivity contribution in [3.63, 3.8) is 0 Å². The molecule has 18 heavy (non-hydrogen) atoms. The van der Waals surface area contributed by atoms with E-state index in [4.69, 9.17) is 15.2 Å². The second kappa shape index (κ2) is 5.20. The van der Waals surface area contributed by atoms with Crippen LogP contribution in [0.5, 0.6) is 0 Å². The van der Waals surface area contributed by atoms with Crippen LogP contribution in [-0.2, 0) is 28.1 Å². The molecule has 100 valence electrons. The van der Waals surface area contributed by atoms with Gasteiger partial charge >= 0.3 is 0 Å². The molecule has 2 heterocycles. The number of fused-ring (bicyclic) bond motifs is 1. The zero-order valence-electron chi connectivity index (χ0n) is 11.3. The lowest BCUT2D eigenvalue weighted by molar-refractivity contribution is -0.0393. The first kappa shape index (κ1) is 13.2. The zero-order chi connectivity index (χ0) is 13.2. The van der Waals surface area contributed by atoms with E-state index in [-0.39, 0.29) is 0 Å². The third kappa shape index (κ3) is 2.33. The van der Waals surface area contributed by atoms with E-state index in [0.717, 1.165) is 24.1 Å². The fraction of sp³-hybridized carbons (Fsp3) is 0.692. The first-order valence-corrected chi connectivity index (χ1v) is 6.48. The number of nitrogens with zero attached hydrogens (tertiary/aromatic N) is 2. The van der Waals surface area contributed by atoms with Gasteiger partial charge in [-0.1, -0.05) is 6.92 Å². The zero-order valence-corrected chi connectivity index (χ0v) is 11.3. The summed E-state index contributed by atoms with van der Waals surface area (Å²) >= 11 is 0. The molecule has 5 heteroatoms. The van der Waals surface area contributed by atoms with Gasteiger partial charge in [-0.25, -0.2) is 9.97 Å². The highest BCUT2D eigenvalue weighted by Gasteiger charge is 2.30. The van der Waals surface area contributed by atoms with Crippen LogP contribution >= 0.6 is 0 Å². The van der Waals surface area contributed by atoms with E-state index in [1.807, 2.05) is 13.8 Å². The predicted molar refractivity (Wildman–Crippen MR) is 69.1 cm³/mol. The summed E-state index contributed by atoms with van der Waals surface area (Å²) in [6, 6.07) is 0. The van der Waals surface area contributed by atoms with E-state index in [2.05, 4.69) is 16.9 Å². The molecular formula is C13H21N3O2. The Labute approximate surface area is 108 Å². The van der Waals surface area contributed by atoms with Gasteiger partial charge in [0.1, 0.15) is 11.4 Å². The molecule has 0 fully saturated rings. The second-order valence-electron chi connectivity index (χ2n) is 4.68. The summed E-state index contributed by atoms with van der Waals surface area (Å²) < 4.78 is 11.2. The minimum atomic E-state index is -0.462. The lowest BCUT2D eigenvalue weighted by Gasteiger charge is -2.28.